The summed E-state index contributed by atoms with van der Waals surface area (Å²) in [7, 11) is 0. The molecule has 0 saturated heterocycles. The summed E-state index contributed by atoms with van der Waals surface area (Å²) in [4.78, 5) is 11.4. The first kappa shape index (κ1) is 14.3. The normalized spacial score (nSPS) is 12.0. The number of amides is 1. The van der Waals surface area contributed by atoms with Crippen LogP contribution in [0.5, 0.6) is 0 Å². The van der Waals surface area contributed by atoms with Gasteiger partial charge >= 0.3 is 0 Å². The Hall–Kier alpha value is -0.720. The van der Waals surface area contributed by atoms with Gasteiger partial charge in [0.1, 0.15) is 5.51 Å². The molecule has 15 heavy (non-hydrogen) atoms. The van der Waals surface area contributed by atoms with E-state index in [-0.39, 0.29) is 18.3 Å². The van der Waals surface area contributed by atoms with E-state index in [0.29, 0.717) is 17.5 Å². The Morgan fingerprint density at radius 2 is 2.33 bits per heavy atom. The predicted octanol–water partition coefficient (Wildman–Crippen LogP) is 1.27. The molecule has 0 aliphatic carbocycles. The van der Waals surface area contributed by atoms with Crippen LogP contribution in [0.4, 0.5) is 5.13 Å². The number of carbonyl (C=O) groups excluding carboxylic acids is 1. The van der Waals surface area contributed by atoms with Crippen molar-refractivity contribution in [2.24, 2.45) is 11.7 Å². The molecule has 1 rings (SSSR count). The second kappa shape index (κ2) is 6.71. The molecule has 7 heteroatoms. The van der Waals surface area contributed by atoms with Gasteiger partial charge in [-0.15, -0.1) is 22.6 Å². The number of anilines is 1. The molecule has 86 valence electrons. The van der Waals surface area contributed by atoms with Crippen molar-refractivity contribution in [3.8, 4) is 0 Å². The molecule has 0 aliphatic rings. The first-order valence-corrected chi connectivity index (χ1v) is 5.30. The zero-order valence-electron chi connectivity index (χ0n) is 8.64. The van der Waals surface area contributed by atoms with Crippen LogP contribution >= 0.6 is 23.7 Å². The van der Waals surface area contributed by atoms with Crippen molar-refractivity contribution >= 4 is 34.8 Å². The average Bonchev–Trinajstić information content (AvgIpc) is 2.55. The number of halogens is 1. The predicted molar refractivity (Wildman–Crippen MR) is 63.2 cm³/mol. The molecular formula is C8H15ClN4OS. The van der Waals surface area contributed by atoms with Gasteiger partial charge in [-0.1, -0.05) is 25.2 Å². The second-order valence-corrected chi connectivity index (χ2v) is 4.30. The summed E-state index contributed by atoms with van der Waals surface area (Å²) in [6.45, 7) is 4.05. The maximum absolute atomic E-state index is 11.4. The number of carbonyl (C=O) groups is 1. The van der Waals surface area contributed by atoms with E-state index >= 15 is 0 Å². The Kier molecular flexibility index (Phi) is 6.38. The van der Waals surface area contributed by atoms with Crippen molar-refractivity contribution in [1.82, 2.24) is 10.2 Å². The van der Waals surface area contributed by atoms with Crippen LogP contribution in [0.2, 0.25) is 0 Å². The third kappa shape index (κ3) is 5.06. The highest BCUT2D eigenvalue weighted by Gasteiger charge is 2.15. The van der Waals surface area contributed by atoms with Crippen molar-refractivity contribution in [2.75, 3.05) is 5.32 Å². The minimum absolute atomic E-state index is 0. The summed E-state index contributed by atoms with van der Waals surface area (Å²) < 4.78 is 0. The molecule has 5 nitrogen and oxygen atoms in total. The van der Waals surface area contributed by atoms with E-state index in [1.54, 1.807) is 5.51 Å². The number of nitrogens with two attached hydrogens (primary N) is 1. The molecule has 0 aromatic carbocycles. The lowest BCUT2D eigenvalue weighted by molar-refractivity contribution is -0.117. The van der Waals surface area contributed by atoms with Crippen molar-refractivity contribution < 1.29 is 4.79 Å². The summed E-state index contributed by atoms with van der Waals surface area (Å²) in [6.07, 6.45) is 0.671. The van der Waals surface area contributed by atoms with Gasteiger partial charge in [-0.05, 0) is 12.3 Å². The van der Waals surface area contributed by atoms with Crippen LogP contribution in [-0.4, -0.2) is 22.1 Å². The molecule has 0 spiro atoms. The minimum atomic E-state index is -0.473. The van der Waals surface area contributed by atoms with Gasteiger partial charge in [-0.2, -0.15) is 0 Å². The van der Waals surface area contributed by atoms with E-state index in [0.717, 1.165) is 0 Å². The van der Waals surface area contributed by atoms with Crippen LogP contribution < -0.4 is 11.1 Å². The van der Waals surface area contributed by atoms with E-state index in [4.69, 9.17) is 5.73 Å². The first-order chi connectivity index (χ1) is 6.59. The third-order valence-corrected chi connectivity index (χ3v) is 2.26. The third-order valence-electron chi connectivity index (χ3n) is 1.65. The van der Waals surface area contributed by atoms with E-state index < -0.39 is 6.04 Å². The Morgan fingerprint density at radius 1 is 1.67 bits per heavy atom. The molecule has 0 bridgehead atoms. The van der Waals surface area contributed by atoms with E-state index in [9.17, 15) is 4.79 Å². The maximum Gasteiger partial charge on any atom is 0.243 e. The fraction of sp³-hybridized carbons (Fsp3) is 0.625. The van der Waals surface area contributed by atoms with Crippen LogP contribution in [0.25, 0.3) is 0 Å². The lowest BCUT2D eigenvalue weighted by Crippen LogP contribution is -2.36. The second-order valence-electron chi connectivity index (χ2n) is 3.47. The standard InChI is InChI=1S/C8H14N4OS.ClH/c1-5(2)3-6(9)7(13)11-8-12-10-4-14-8;/h4-6H,3,9H2,1-2H3,(H,11,12,13);1H/t6-;/m0./s1. The van der Waals surface area contributed by atoms with Crippen LogP contribution in [-0.2, 0) is 4.79 Å². The zero-order valence-corrected chi connectivity index (χ0v) is 10.3. The number of nitrogens with one attached hydrogen (secondary N) is 1. The van der Waals surface area contributed by atoms with Gasteiger partial charge in [0, 0.05) is 0 Å². The lowest BCUT2D eigenvalue weighted by atomic mass is 10.0. The van der Waals surface area contributed by atoms with Gasteiger partial charge in [0.15, 0.2) is 0 Å². The number of nitrogens with zero attached hydrogens (tertiary/aromatic N) is 2. The Balaban J connectivity index is 0.00000196. The fourth-order valence-corrected chi connectivity index (χ4v) is 1.49. The summed E-state index contributed by atoms with van der Waals surface area (Å²) >= 11 is 1.28. The molecule has 0 aliphatic heterocycles. The van der Waals surface area contributed by atoms with Crippen LogP contribution in [0.3, 0.4) is 0 Å². The number of aromatic nitrogens is 2. The Bertz CT molecular complexity index is 291. The van der Waals surface area contributed by atoms with Crippen LogP contribution in [0, 0.1) is 5.92 Å². The number of hydrogen-bond acceptors (Lipinski definition) is 5. The fourth-order valence-electron chi connectivity index (χ4n) is 1.04. The molecule has 1 aromatic heterocycles. The monoisotopic (exact) mass is 250 g/mol. The Morgan fingerprint density at radius 3 is 2.80 bits per heavy atom. The number of hydrogen-bond donors (Lipinski definition) is 2. The van der Waals surface area contributed by atoms with Crippen molar-refractivity contribution in [1.29, 1.82) is 0 Å². The molecule has 0 fully saturated rings. The van der Waals surface area contributed by atoms with Crippen molar-refractivity contribution in [3.63, 3.8) is 0 Å². The van der Waals surface area contributed by atoms with Gasteiger partial charge in [0.25, 0.3) is 0 Å². The molecule has 0 saturated carbocycles. The summed E-state index contributed by atoms with van der Waals surface area (Å²) in [5, 5.41) is 10.4. The average molecular weight is 251 g/mol. The molecule has 3 N–H and O–H groups in total. The van der Waals surface area contributed by atoms with Crippen LogP contribution in [0.15, 0.2) is 5.51 Å². The van der Waals surface area contributed by atoms with Gasteiger partial charge < -0.3 is 5.73 Å². The molecule has 1 heterocycles. The molecular weight excluding hydrogens is 236 g/mol. The highest BCUT2D eigenvalue weighted by Crippen LogP contribution is 2.10. The lowest BCUT2D eigenvalue weighted by Gasteiger charge is -2.12. The first-order valence-electron chi connectivity index (χ1n) is 4.42. The molecule has 1 amide bonds. The largest absolute Gasteiger partial charge is 0.320 e. The highest BCUT2D eigenvalue weighted by atomic mass is 35.5. The SMILES string of the molecule is CC(C)C[C@H](N)C(=O)Nc1nncs1.Cl. The van der Waals surface area contributed by atoms with Gasteiger partial charge in [-0.3, -0.25) is 10.1 Å². The molecule has 0 radical (unpaired) electrons. The van der Waals surface area contributed by atoms with Crippen molar-refractivity contribution in [2.45, 2.75) is 26.3 Å². The summed E-state index contributed by atoms with van der Waals surface area (Å²) in [5.41, 5.74) is 7.24. The van der Waals surface area contributed by atoms with Gasteiger partial charge in [0.2, 0.25) is 11.0 Å². The number of rotatable bonds is 4. The topological polar surface area (TPSA) is 80.9 Å². The van der Waals surface area contributed by atoms with Crippen LogP contribution in [0.1, 0.15) is 20.3 Å². The van der Waals surface area contributed by atoms with E-state index in [2.05, 4.69) is 15.5 Å². The maximum atomic E-state index is 11.4. The smallest absolute Gasteiger partial charge is 0.243 e. The summed E-state index contributed by atoms with van der Waals surface area (Å²) in [6, 6.07) is -0.473. The minimum Gasteiger partial charge on any atom is -0.320 e. The Labute approximate surface area is 98.9 Å². The molecule has 1 atom stereocenters. The zero-order chi connectivity index (χ0) is 10.6. The van der Waals surface area contributed by atoms with Gasteiger partial charge in [-0.25, -0.2) is 0 Å². The quantitative estimate of drug-likeness (QED) is 0.843. The van der Waals surface area contributed by atoms with Crippen molar-refractivity contribution in [3.05, 3.63) is 5.51 Å². The highest BCUT2D eigenvalue weighted by molar-refractivity contribution is 7.13. The molecule has 1 aromatic rings. The summed E-state index contributed by atoms with van der Waals surface area (Å²) in [5.74, 6) is 0.209. The van der Waals surface area contributed by atoms with E-state index in [1.807, 2.05) is 13.8 Å². The van der Waals surface area contributed by atoms with E-state index in [1.165, 1.54) is 11.3 Å². The molecule has 0 unspecified atom stereocenters. The van der Waals surface area contributed by atoms with Gasteiger partial charge in [0.05, 0.1) is 6.04 Å².